The SMILES string of the molecule is CC1CCc2c(sc(NC(=O)COC(=O)CCc3c[nH]c4ccccc34)c2C#N)C1. The molecule has 0 aliphatic heterocycles. The number of benzene rings is 1. The maximum absolute atomic E-state index is 12.3. The third-order valence-corrected chi connectivity index (χ3v) is 6.68. The van der Waals surface area contributed by atoms with Gasteiger partial charge in [0.25, 0.3) is 5.91 Å². The Morgan fingerprint density at radius 1 is 1.37 bits per heavy atom. The Morgan fingerprint density at radius 2 is 2.20 bits per heavy atom. The van der Waals surface area contributed by atoms with Crippen molar-refractivity contribution in [1.29, 1.82) is 5.26 Å². The number of H-pyrrole nitrogens is 1. The highest BCUT2D eigenvalue weighted by Crippen LogP contribution is 2.39. The number of amides is 1. The molecule has 4 rings (SSSR count). The van der Waals surface area contributed by atoms with Gasteiger partial charge in [0.1, 0.15) is 11.1 Å². The Morgan fingerprint density at radius 3 is 3.03 bits per heavy atom. The van der Waals surface area contributed by atoms with Gasteiger partial charge < -0.3 is 15.0 Å². The van der Waals surface area contributed by atoms with E-state index in [1.54, 1.807) is 0 Å². The lowest BCUT2D eigenvalue weighted by molar-refractivity contribution is -0.147. The summed E-state index contributed by atoms with van der Waals surface area (Å²) in [5.74, 6) is -0.252. The number of aromatic amines is 1. The van der Waals surface area contributed by atoms with Crippen LogP contribution in [0.4, 0.5) is 5.00 Å². The molecular weight excluding hydrogens is 398 g/mol. The van der Waals surface area contributed by atoms with Gasteiger partial charge in [-0.3, -0.25) is 9.59 Å². The monoisotopic (exact) mass is 421 g/mol. The lowest BCUT2D eigenvalue weighted by atomic mass is 9.89. The summed E-state index contributed by atoms with van der Waals surface area (Å²) in [5.41, 5.74) is 3.69. The first-order chi connectivity index (χ1) is 14.5. The topological polar surface area (TPSA) is 95.0 Å². The molecule has 30 heavy (non-hydrogen) atoms. The van der Waals surface area contributed by atoms with Crippen molar-refractivity contribution in [3.05, 3.63) is 52.0 Å². The van der Waals surface area contributed by atoms with E-state index >= 15 is 0 Å². The second-order valence-corrected chi connectivity index (χ2v) is 8.84. The Bertz CT molecular complexity index is 1140. The quantitative estimate of drug-likeness (QED) is 0.579. The molecule has 0 fully saturated rings. The van der Waals surface area contributed by atoms with Crippen molar-refractivity contribution in [1.82, 2.24) is 4.98 Å². The number of hydrogen-bond donors (Lipinski definition) is 2. The number of aryl methyl sites for hydroxylation is 1. The molecule has 1 unspecified atom stereocenters. The zero-order valence-electron chi connectivity index (χ0n) is 16.8. The largest absolute Gasteiger partial charge is 0.456 e. The highest BCUT2D eigenvalue weighted by Gasteiger charge is 2.24. The minimum Gasteiger partial charge on any atom is -0.456 e. The number of hydrogen-bond acceptors (Lipinski definition) is 5. The summed E-state index contributed by atoms with van der Waals surface area (Å²) < 4.78 is 5.14. The third-order valence-electron chi connectivity index (χ3n) is 5.51. The number of carbonyl (C=O) groups is 2. The van der Waals surface area contributed by atoms with Gasteiger partial charge in [-0.2, -0.15) is 5.26 Å². The number of para-hydroxylation sites is 1. The molecule has 2 heterocycles. The van der Waals surface area contributed by atoms with E-state index in [1.165, 1.54) is 16.2 Å². The molecule has 0 saturated carbocycles. The minimum atomic E-state index is -0.421. The van der Waals surface area contributed by atoms with Crippen molar-refractivity contribution in [3.8, 4) is 6.07 Å². The van der Waals surface area contributed by atoms with Crippen molar-refractivity contribution < 1.29 is 14.3 Å². The summed E-state index contributed by atoms with van der Waals surface area (Å²) in [4.78, 5) is 28.7. The number of rotatable bonds is 6. The fourth-order valence-electron chi connectivity index (χ4n) is 3.91. The Labute approximate surface area is 178 Å². The fourth-order valence-corrected chi connectivity index (χ4v) is 5.29. The predicted octanol–water partition coefficient (Wildman–Crippen LogP) is 4.34. The number of nitriles is 1. The van der Waals surface area contributed by atoms with Crippen LogP contribution in [0.3, 0.4) is 0 Å². The van der Waals surface area contributed by atoms with E-state index in [0.717, 1.165) is 41.3 Å². The molecule has 1 atom stereocenters. The molecule has 2 aromatic heterocycles. The van der Waals surface area contributed by atoms with E-state index in [1.807, 2.05) is 30.5 Å². The Balaban J connectivity index is 1.30. The first kappa shape index (κ1) is 20.2. The Hall–Kier alpha value is -3.11. The fraction of sp³-hybridized carbons (Fsp3) is 0.348. The molecule has 0 saturated heterocycles. The van der Waals surface area contributed by atoms with E-state index in [2.05, 4.69) is 23.3 Å². The molecule has 1 aliphatic carbocycles. The van der Waals surface area contributed by atoms with Crippen LogP contribution in [0.1, 0.15) is 41.3 Å². The predicted molar refractivity (Wildman–Crippen MR) is 116 cm³/mol. The molecule has 3 aromatic rings. The molecule has 1 aliphatic rings. The van der Waals surface area contributed by atoms with Crippen molar-refractivity contribution in [3.63, 3.8) is 0 Å². The van der Waals surface area contributed by atoms with Crippen LogP contribution < -0.4 is 5.32 Å². The molecule has 1 amide bonds. The van der Waals surface area contributed by atoms with Gasteiger partial charge in [-0.1, -0.05) is 25.1 Å². The zero-order chi connectivity index (χ0) is 21.1. The summed E-state index contributed by atoms with van der Waals surface area (Å²) in [6, 6.07) is 10.1. The molecule has 1 aromatic carbocycles. The average Bonchev–Trinajstić information content (AvgIpc) is 3.30. The van der Waals surface area contributed by atoms with Gasteiger partial charge >= 0.3 is 5.97 Å². The number of nitrogens with zero attached hydrogens (tertiary/aromatic N) is 1. The second kappa shape index (κ2) is 8.72. The van der Waals surface area contributed by atoms with Crippen LogP contribution in [0.25, 0.3) is 10.9 Å². The standard InChI is InChI=1S/C23H23N3O3S/c1-14-6-8-17-18(11-24)23(30-20(17)10-14)26-21(27)13-29-22(28)9-7-15-12-25-19-5-3-2-4-16(15)19/h2-5,12,14,25H,6-10,13H2,1H3,(H,26,27). The summed E-state index contributed by atoms with van der Waals surface area (Å²) in [6.45, 7) is 1.85. The molecule has 0 spiro atoms. The molecule has 154 valence electrons. The first-order valence-electron chi connectivity index (χ1n) is 10.1. The summed E-state index contributed by atoms with van der Waals surface area (Å²) in [6.07, 6.45) is 5.50. The van der Waals surface area contributed by atoms with Gasteiger partial charge in [0, 0.05) is 28.4 Å². The van der Waals surface area contributed by atoms with Crippen molar-refractivity contribution in [2.75, 3.05) is 11.9 Å². The van der Waals surface area contributed by atoms with Gasteiger partial charge in [-0.15, -0.1) is 11.3 Å². The first-order valence-corrected chi connectivity index (χ1v) is 10.9. The molecule has 7 heteroatoms. The lowest BCUT2D eigenvalue weighted by Gasteiger charge is -2.17. The Kier molecular flexibility index (Phi) is 5.86. The van der Waals surface area contributed by atoms with Crippen LogP contribution in [0.2, 0.25) is 0 Å². The number of fused-ring (bicyclic) bond motifs is 2. The maximum Gasteiger partial charge on any atom is 0.306 e. The van der Waals surface area contributed by atoms with Gasteiger partial charge in [0.15, 0.2) is 6.61 Å². The number of anilines is 1. The second-order valence-electron chi connectivity index (χ2n) is 7.74. The number of thiophene rings is 1. The number of nitrogens with one attached hydrogen (secondary N) is 2. The van der Waals surface area contributed by atoms with E-state index in [0.29, 0.717) is 22.9 Å². The van der Waals surface area contributed by atoms with Gasteiger partial charge in [-0.25, -0.2) is 0 Å². The molecule has 0 radical (unpaired) electrons. The van der Waals surface area contributed by atoms with Crippen LogP contribution in [0.15, 0.2) is 30.5 Å². The van der Waals surface area contributed by atoms with Gasteiger partial charge in [-0.05, 0) is 48.8 Å². The number of aromatic nitrogens is 1. The smallest absolute Gasteiger partial charge is 0.306 e. The normalized spacial score (nSPS) is 15.4. The summed E-state index contributed by atoms with van der Waals surface area (Å²) in [7, 11) is 0. The van der Waals surface area contributed by atoms with E-state index < -0.39 is 11.9 Å². The maximum atomic E-state index is 12.3. The van der Waals surface area contributed by atoms with Gasteiger partial charge in [0.05, 0.1) is 5.56 Å². The van der Waals surface area contributed by atoms with Crippen LogP contribution >= 0.6 is 11.3 Å². The zero-order valence-corrected chi connectivity index (χ0v) is 17.6. The van der Waals surface area contributed by atoms with Crippen LogP contribution in [0.5, 0.6) is 0 Å². The molecular formula is C23H23N3O3S. The van der Waals surface area contributed by atoms with Crippen molar-refractivity contribution in [2.45, 2.75) is 39.0 Å². The summed E-state index contributed by atoms with van der Waals surface area (Å²) >= 11 is 1.46. The number of esters is 1. The molecule has 0 bridgehead atoms. The van der Waals surface area contributed by atoms with E-state index in [4.69, 9.17) is 4.74 Å². The molecule has 2 N–H and O–H groups in total. The minimum absolute atomic E-state index is 0.198. The lowest BCUT2D eigenvalue weighted by Crippen LogP contribution is -2.21. The highest BCUT2D eigenvalue weighted by atomic mass is 32.1. The van der Waals surface area contributed by atoms with E-state index in [-0.39, 0.29) is 13.0 Å². The summed E-state index contributed by atoms with van der Waals surface area (Å²) in [5, 5.41) is 13.9. The average molecular weight is 422 g/mol. The van der Waals surface area contributed by atoms with Crippen LogP contribution in [0, 0.1) is 17.2 Å². The van der Waals surface area contributed by atoms with Crippen LogP contribution in [-0.4, -0.2) is 23.5 Å². The number of ether oxygens (including phenoxy) is 1. The number of carbonyl (C=O) groups excluding carboxylic acids is 2. The van der Waals surface area contributed by atoms with Crippen molar-refractivity contribution >= 4 is 39.1 Å². The highest BCUT2D eigenvalue weighted by molar-refractivity contribution is 7.16. The third kappa shape index (κ3) is 4.24. The van der Waals surface area contributed by atoms with Crippen LogP contribution in [-0.2, 0) is 33.6 Å². The van der Waals surface area contributed by atoms with Crippen molar-refractivity contribution in [2.24, 2.45) is 5.92 Å². The van der Waals surface area contributed by atoms with Gasteiger partial charge in [0.2, 0.25) is 0 Å². The van der Waals surface area contributed by atoms with E-state index in [9.17, 15) is 14.9 Å². The molecule has 6 nitrogen and oxygen atoms in total.